The molecule has 0 bridgehead atoms. The Labute approximate surface area is 148 Å². The number of nitrogens with two attached hydrogens (primary N) is 1. The van der Waals surface area contributed by atoms with Crippen LogP contribution in [0.3, 0.4) is 0 Å². The second-order valence-electron chi connectivity index (χ2n) is 5.92. The molecule has 1 amide bonds. The molecule has 3 aromatic rings. The van der Waals surface area contributed by atoms with Gasteiger partial charge in [0.05, 0.1) is 0 Å². The first-order valence-corrected chi connectivity index (χ1v) is 7.91. The molecule has 3 N–H and O–H groups in total. The molecule has 1 heterocycles. The van der Waals surface area contributed by atoms with Gasteiger partial charge in [0.1, 0.15) is 24.2 Å². The maximum absolute atomic E-state index is 12.9. The Balaban J connectivity index is 1.91. The van der Waals surface area contributed by atoms with Gasteiger partial charge in [-0.05, 0) is 48.2 Å². The highest BCUT2D eigenvalue weighted by atomic mass is 19.1. The third-order valence-corrected chi connectivity index (χ3v) is 4.13. The van der Waals surface area contributed by atoms with Gasteiger partial charge >= 0.3 is 0 Å². The van der Waals surface area contributed by atoms with Gasteiger partial charge in [0.25, 0.3) is 5.56 Å². The quantitative estimate of drug-likeness (QED) is 0.734. The number of amides is 1. The van der Waals surface area contributed by atoms with E-state index in [1.54, 1.807) is 30.3 Å². The molecule has 0 radical (unpaired) electrons. The summed E-state index contributed by atoms with van der Waals surface area (Å²) in [6.45, 7) is 1.67. The van der Waals surface area contributed by atoms with Gasteiger partial charge in [-0.3, -0.25) is 14.2 Å². The Morgan fingerprint density at radius 2 is 1.92 bits per heavy atom. The van der Waals surface area contributed by atoms with Crippen molar-refractivity contribution in [1.29, 1.82) is 0 Å². The van der Waals surface area contributed by atoms with Crippen LogP contribution in [0, 0.1) is 5.82 Å². The van der Waals surface area contributed by atoms with Gasteiger partial charge in [0.15, 0.2) is 0 Å². The lowest BCUT2D eigenvalue weighted by Crippen LogP contribution is -2.31. The Bertz CT molecular complexity index is 1030. The minimum Gasteiger partial charge on any atom is -0.494 e. The number of primary amides is 1. The minimum absolute atomic E-state index is 0.230. The Morgan fingerprint density at radius 3 is 2.58 bits per heavy atom. The van der Waals surface area contributed by atoms with Gasteiger partial charge in [0.2, 0.25) is 11.8 Å². The number of benzene rings is 2. The lowest BCUT2D eigenvalue weighted by atomic mass is 10.1. The summed E-state index contributed by atoms with van der Waals surface area (Å²) >= 11 is 0. The van der Waals surface area contributed by atoms with E-state index in [-0.39, 0.29) is 18.3 Å². The number of fused-ring (bicyclic) bond motifs is 1. The highest BCUT2D eigenvalue weighted by molar-refractivity contribution is 5.88. The van der Waals surface area contributed by atoms with Crippen molar-refractivity contribution >= 4 is 16.7 Å². The Kier molecular flexibility index (Phi) is 4.62. The highest BCUT2D eigenvalue weighted by Gasteiger charge is 2.18. The first kappa shape index (κ1) is 17.5. The van der Waals surface area contributed by atoms with Crippen molar-refractivity contribution in [3.63, 3.8) is 0 Å². The van der Waals surface area contributed by atoms with E-state index < -0.39 is 17.5 Å². The van der Waals surface area contributed by atoms with Crippen LogP contribution in [-0.2, 0) is 11.4 Å². The average molecular weight is 356 g/mol. The number of carbonyl (C=O) groups excluding carboxylic acids is 1. The molecule has 26 heavy (non-hydrogen) atoms. The summed E-state index contributed by atoms with van der Waals surface area (Å²) in [6.07, 6.45) is 0. The Hall–Kier alpha value is -3.35. The SMILES string of the molecule is CC(C(N)=O)n1c(O)c2ccc(OCc3ccc(F)cc3)cc2cc1=O. The van der Waals surface area contributed by atoms with Crippen molar-refractivity contribution in [2.45, 2.75) is 19.6 Å². The van der Waals surface area contributed by atoms with E-state index in [0.717, 1.165) is 10.1 Å². The van der Waals surface area contributed by atoms with E-state index in [1.807, 2.05) is 0 Å². The van der Waals surface area contributed by atoms with Gasteiger partial charge in [-0.15, -0.1) is 0 Å². The maximum atomic E-state index is 12.9. The zero-order valence-corrected chi connectivity index (χ0v) is 14.0. The number of pyridine rings is 1. The molecule has 1 aromatic heterocycles. The molecule has 0 saturated heterocycles. The van der Waals surface area contributed by atoms with Crippen molar-refractivity contribution in [2.24, 2.45) is 5.73 Å². The number of aromatic nitrogens is 1. The van der Waals surface area contributed by atoms with Crippen molar-refractivity contribution in [3.8, 4) is 11.6 Å². The van der Waals surface area contributed by atoms with E-state index >= 15 is 0 Å². The molecule has 1 unspecified atom stereocenters. The van der Waals surface area contributed by atoms with Crippen LogP contribution in [0.1, 0.15) is 18.5 Å². The number of rotatable bonds is 5. The summed E-state index contributed by atoms with van der Waals surface area (Å²) in [5, 5.41) is 11.2. The fourth-order valence-corrected chi connectivity index (χ4v) is 2.64. The highest BCUT2D eigenvalue weighted by Crippen LogP contribution is 2.28. The number of ether oxygens (including phenoxy) is 1. The molecule has 0 aliphatic carbocycles. The van der Waals surface area contributed by atoms with Gasteiger partial charge in [-0.2, -0.15) is 0 Å². The summed E-state index contributed by atoms with van der Waals surface area (Å²) in [7, 11) is 0. The van der Waals surface area contributed by atoms with Gasteiger partial charge < -0.3 is 15.6 Å². The lowest BCUT2D eigenvalue weighted by molar-refractivity contribution is -0.120. The normalized spacial score (nSPS) is 12.1. The van der Waals surface area contributed by atoms with Crippen molar-refractivity contribution in [3.05, 3.63) is 70.3 Å². The average Bonchev–Trinajstić information content (AvgIpc) is 2.60. The van der Waals surface area contributed by atoms with Gasteiger partial charge in [-0.25, -0.2) is 4.39 Å². The maximum Gasteiger partial charge on any atom is 0.254 e. The molecule has 2 aromatic carbocycles. The molecule has 1 atom stereocenters. The van der Waals surface area contributed by atoms with E-state index in [4.69, 9.17) is 10.5 Å². The number of nitrogens with zero attached hydrogens (tertiary/aromatic N) is 1. The van der Waals surface area contributed by atoms with Crippen molar-refractivity contribution < 1.29 is 19.0 Å². The van der Waals surface area contributed by atoms with Crippen LogP contribution < -0.4 is 16.0 Å². The zero-order chi connectivity index (χ0) is 18.8. The standard InChI is InChI=1S/C19H17FN2O4/c1-11(18(21)24)22-17(23)9-13-8-15(6-7-16(13)19(22)25)26-10-12-2-4-14(20)5-3-12/h2-9,11,25H,10H2,1H3,(H2,21,24). The number of hydrogen-bond acceptors (Lipinski definition) is 4. The van der Waals surface area contributed by atoms with Crippen LogP contribution in [0.15, 0.2) is 53.3 Å². The van der Waals surface area contributed by atoms with E-state index in [2.05, 4.69) is 0 Å². The number of hydrogen-bond donors (Lipinski definition) is 2. The van der Waals surface area contributed by atoms with Gasteiger partial charge in [-0.1, -0.05) is 12.1 Å². The summed E-state index contributed by atoms with van der Waals surface area (Å²) in [6, 6.07) is 11.1. The fourth-order valence-electron chi connectivity index (χ4n) is 2.64. The first-order valence-electron chi connectivity index (χ1n) is 7.91. The Morgan fingerprint density at radius 1 is 1.23 bits per heavy atom. The summed E-state index contributed by atoms with van der Waals surface area (Å²) in [5.74, 6) is -0.886. The molecule has 0 saturated carbocycles. The minimum atomic E-state index is -0.971. The second-order valence-corrected chi connectivity index (χ2v) is 5.92. The largest absolute Gasteiger partial charge is 0.494 e. The van der Waals surface area contributed by atoms with Crippen LogP contribution in [0.25, 0.3) is 10.8 Å². The molecule has 0 fully saturated rings. The molecular weight excluding hydrogens is 339 g/mol. The van der Waals surface area contributed by atoms with E-state index in [1.165, 1.54) is 25.1 Å². The van der Waals surface area contributed by atoms with Gasteiger partial charge in [0, 0.05) is 11.5 Å². The molecule has 0 spiro atoms. The van der Waals surface area contributed by atoms with Crippen LogP contribution in [-0.4, -0.2) is 15.6 Å². The third-order valence-electron chi connectivity index (χ3n) is 4.13. The second kappa shape index (κ2) is 6.87. The van der Waals surface area contributed by atoms with Crippen LogP contribution in [0.4, 0.5) is 4.39 Å². The fraction of sp³-hybridized carbons (Fsp3) is 0.158. The first-order chi connectivity index (χ1) is 12.4. The number of aromatic hydroxyl groups is 1. The zero-order valence-electron chi connectivity index (χ0n) is 14.0. The van der Waals surface area contributed by atoms with E-state index in [9.17, 15) is 19.1 Å². The lowest BCUT2D eigenvalue weighted by Gasteiger charge is -2.15. The van der Waals surface area contributed by atoms with Crippen LogP contribution in [0.2, 0.25) is 0 Å². The summed E-state index contributed by atoms with van der Waals surface area (Å²) in [5.41, 5.74) is 5.47. The van der Waals surface area contributed by atoms with E-state index in [0.29, 0.717) is 16.5 Å². The van der Waals surface area contributed by atoms with Crippen molar-refractivity contribution in [1.82, 2.24) is 4.57 Å². The molecule has 7 heteroatoms. The summed E-state index contributed by atoms with van der Waals surface area (Å²) < 4.78 is 19.5. The summed E-state index contributed by atoms with van der Waals surface area (Å²) in [4.78, 5) is 23.6. The monoisotopic (exact) mass is 356 g/mol. The van der Waals surface area contributed by atoms with Crippen molar-refractivity contribution in [2.75, 3.05) is 0 Å². The molecule has 134 valence electrons. The smallest absolute Gasteiger partial charge is 0.254 e. The molecule has 6 nitrogen and oxygen atoms in total. The molecular formula is C19H17FN2O4. The number of carbonyl (C=O) groups is 1. The molecule has 0 aliphatic heterocycles. The van der Waals surface area contributed by atoms with Crippen LogP contribution in [0.5, 0.6) is 11.6 Å². The predicted molar refractivity (Wildman–Crippen MR) is 94.5 cm³/mol. The van der Waals surface area contributed by atoms with Crippen LogP contribution >= 0.6 is 0 Å². The molecule has 3 rings (SSSR count). The third kappa shape index (κ3) is 3.37. The topological polar surface area (TPSA) is 94.6 Å². The predicted octanol–water partition coefficient (Wildman–Crippen LogP) is 2.47. The molecule has 0 aliphatic rings. The number of halogens is 1.